The number of nitrogens with zero attached hydrogens (tertiary/aromatic N) is 3. The molecular weight excluding hydrogens is 389 g/mol. The fourth-order valence-corrected chi connectivity index (χ4v) is 4.99. The van der Waals surface area contributed by atoms with Gasteiger partial charge in [0.2, 0.25) is 10.0 Å². The quantitative estimate of drug-likeness (QED) is 0.720. The first-order valence-corrected chi connectivity index (χ1v) is 10.8. The molecule has 0 bridgehead atoms. The molecule has 0 radical (unpaired) electrons. The van der Waals surface area contributed by atoms with Gasteiger partial charge in [-0.2, -0.15) is 9.29 Å². The molecular formula is C18H22FN3O5S. The van der Waals surface area contributed by atoms with Crippen LogP contribution in [0, 0.1) is 5.82 Å². The summed E-state index contributed by atoms with van der Waals surface area (Å²) in [5.41, 5.74) is 0. The zero-order valence-corrected chi connectivity index (χ0v) is 16.1. The number of ether oxygens (including phenoxy) is 2. The van der Waals surface area contributed by atoms with Gasteiger partial charge in [0.05, 0.1) is 6.10 Å². The van der Waals surface area contributed by atoms with Crippen LogP contribution in [0.15, 0.2) is 33.7 Å². The van der Waals surface area contributed by atoms with E-state index >= 15 is 0 Å². The van der Waals surface area contributed by atoms with Gasteiger partial charge in [-0.1, -0.05) is 17.3 Å². The molecule has 0 N–H and O–H groups in total. The van der Waals surface area contributed by atoms with Crippen molar-refractivity contribution in [2.24, 2.45) is 0 Å². The molecule has 2 aromatic rings. The Morgan fingerprint density at radius 2 is 2.00 bits per heavy atom. The second kappa shape index (κ2) is 8.24. The standard InChI is InChI=1S/C18H22FN3O5S/c19-14-4-1-2-6-16(14)28(23,24)22-9-7-13(8-10-22)26-12-17-20-18(27-21-17)15-5-3-11-25-15/h1-2,4,6,13,15H,3,5,7-12H2. The Labute approximate surface area is 162 Å². The van der Waals surface area contributed by atoms with Crippen LogP contribution in [0.2, 0.25) is 0 Å². The Balaban J connectivity index is 1.29. The smallest absolute Gasteiger partial charge is 0.255 e. The van der Waals surface area contributed by atoms with Gasteiger partial charge in [-0.15, -0.1) is 0 Å². The van der Waals surface area contributed by atoms with Gasteiger partial charge in [0.1, 0.15) is 23.4 Å². The summed E-state index contributed by atoms with van der Waals surface area (Å²) in [6, 6.07) is 5.42. The molecule has 8 nitrogen and oxygen atoms in total. The van der Waals surface area contributed by atoms with Crippen LogP contribution in [0.1, 0.15) is 43.5 Å². The average molecular weight is 411 g/mol. The first-order chi connectivity index (χ1) is 13.5. The van der Waals surface area contributed by atoms with Gasteiger partial charge in [0, 0.05) is 19.7 Å². The molecule has 2 aliphatic heterocycles. The topological polar surface area (TPSA) is 94.8 Å². The average Bonchev–Trinajstić information content (AvgIpc) is 3.38. The van der Waals surface area contributed by atoms with E-state index < -0.39 is 15.8 Å². The maximum absolute atomic E-state index is 13.9. The Kier molecular flexibility index (Phi) is 5.72. The van der Waals surface area contributed by atoms with Gasteiger partial charge in [-0.25, -0.2) is 12.8 Å². The number of hydrogen-bond donors (Lipinski definition) is 0. The minimum absolute atomic E-state index is 0.114. The number of sulfonamides is 1. The third-order valence-corrected chi connectivity index (χ3v) is 6.92. The van der Waals surface area contributed by atoms with Crippen molar-refractivity contribution in [2.75, 3.05) is 19.7 Å². The highest BCUT2D eigenvalue weighted by molar-refractivity contribution is 7.89. The first kappa shape index (κ1) is 19.4. The number of hydrogen-bond acceptors (Lipinski definition) is 7. The van der Waals surface area contributed by atoms with Crippen molar-refractivity contribution < 1.29 is 26.8 Å². The van der Waals surface area contributed by atoms with E-state index in [1.54, 1.807) is 0 Å². The maximum atomic E-state index is 13.9. The van der Waals surface area contributed by atoms with Crippen LogP contribution < -0.4 is 0 Å². The SMILES string of the molecule is O=S(=O)(c1ccccc1F)N1CCC(OCc2noc(C3CCCO3)n2)CC1. The first-order valence-electron chi connectivity index (χ1n) is 9.34. The summed E-state index contributed by atoms with van der Waals surface area (Å²) in [5.74, 6) is 0.189. The van der Waals surface area contributed by atoms with Crippen molar-refractivity contribution in [1.82, 2.24) is 14.4 Å². The molecule has 4 rings (SSSR count). The Hall–Kier alpha value is -1.88. The summed E-state index contributed by atoms with van der Waals surface area (Å²) in [6.45, 7) is 1.44. The summed E-state index contributed by atoms with van der Waals surface area (Å²) in [7, 11) is -3.84. The van der Waals surface area contributed by atoms with Crippen LogP contribution >= 0.6 is 0 Å². The number of aromatic nitrogens is 2. The van der Waals surface area contributed by atoms with Gasteiger partial charge < -0.3 is 14.0 Å². The summed E-state index contributed by atoms with van der Waals surface area (Å²) in [4.78, 5) is 4.02. The van der Waals surface area contributed by atoms with Crippen LogP contribution in [0.3, 0.4) is 0 Å². The molecule has 2 fully saturated rings. The Morgan fingerprint density at radius 1 is 1.21 bits per heavy atom. The molecule has 0 aliphatic carbocycles. The van der Waals surface area contributed by atoms with E-state index in [1.807, 2.05) is 0 Å². The molecule has 28 heavy (non-hydrogen) atoms. The van der Waals surface area contributed by atoms with Crippen molar-refractivity contribution in [3.63, 3.8) is 0 Å². The van der Waals surface area contributed by atoms with E-state index in [2.05, 4.69) is 10.1 Å². The molecule has 3 heterocycles. The van der Waals surface area contributed by atoms with Crippen molar-refractivity contribution >= 4 is 10.0 Å². The molecule has 1 atom stereocenters. The fraction of sp³-hybridized carbons (Fsp3) is 0.556. The van der Waals surface area contributed by atoms with E-state index in [9.17, 15) is 12.8 Å². The van der Waals surface area contributed by atoms with E-state index in [0.29, 0.717) is 31.2 Å². The number of benzene rings is 1. The van der Waals surface area contributed by atoms with Crippen molar-refractivity contribution in [2.45, 2.75) is 49.4 Å². The van der Waals surface area contributed by atoms with Gasteiger partial charge >= 0.3 is 0 Å². The van der Waals surface area contributed by atoms with Crippen molar-refractivity contribution in [3.05, 3.63) is 41.8 Å². The number of rotatable bonds is 6. The molecule has 0 amide bonds. The second-order valence-electron chi connectivity index (χ2n) is 6.90. The molecule has 1 aromatic carbocycles. The molecule has 1 aromatic heterocycles. The van der Waals surface area contributed by atoms with Crippen LogP contribution in [0.5, 0.6) is 0 Å². The molecule has 0 spiro atoms. The molecule has 0 saturated carbocycles. The molecule has 10 heteroatoms. The minimum Gasteiger partial charge on any atom is -0.370 e. The maximum Gasteiger partial charge on any atom is 0.255 e. The van der Waals surface area contributed by atoms with Gasteiger partial charge in [0.15, 0.2) is 5.82 Å². The van der Waals surface area contributed by atoms with Gasteiger partial charge in [0.25, 0.3) is 5.89 Å². The zero-order chi connectivity index (χ0) is 19.6. The third kappa shape index (κ3) is 4.09. The van der Waals surface area contributed by atoms with Gasteiger partial charge in [-0.3, -0.25) is 0 Å². The van der Waals surface area contributed by atoms with Crippen LogP contribution in [-0.4, -0.2) is 48.7 Å². The lowest BCUT2D eigenvalue weighted by Crippen LogP contribution is -2.41. The van der Waals surface area contributed by atoms with E-state index in [-0.39, 0.29) is 36.8 Å². The fourth-order valence-electron chi connectivity index (χ4n) is 3.45. The highest BCUT2D eigenvalue weighted by atomic mass is 32.2. The molecule has 2 saturated heterocycles. The zero-order valence-electron chi connectivity index (χ0n) is 15.3. The minimum atomic E-state index is -3.84. The van der Waals surface area contributed by atoms with Crippen LogP contribution in [-0.2, 0) is 26.1 Å². The van der Waals surface area contributed by atoms with Crippen molar-refractivity contribution in [3.8, 4) is 0 Å². The van der Waals surface area contributed by atoms with Crippen LogP contribution in [0.25, 0.3) is 0 Å². The molecule has 1 unspecified atom stereocenters. The second-order valence-corrected chi connectivity index (χ2v) is 8.80. The lowest BCUT2D eigenvalue weighted by Gasteiger charge is -2.31. The van der Waals surface area contributed by atoms with E-state index in [0.717, 1.165) is 18.9 Å². The van der Waals surface area contributed by atoms with Crippen LogP contribution in [0.4, 0.5) is 4.39 Å². The summed E-state index contributed by atoms with van der Waals surface area (Å²) in [6.07, 6.45) is 2.64. The number of piperidine rings is 1. The molecule has 152 valence electrons. The lowest BCUT2D eigenvalue weighted by molar-refractivity contribution is 0.00635. The Morgan fingerprint density at radius 3 is 2.71 bits per heavy atom. The predicted octanol–water partition coefficient (Wildman–Crippen LogP) is 2.43. The summed E-state index contributed by atoms with van der Waals surface area (Å²) < 4.78 is 57.0. The highest BCUT2D eigenvalue weighted by Gasteiger charge is 2.31. The van der Waals surface area contributed by atoms with E-state index in [4.69, 9.17) is 14.0 Å². The number of halogens is 1. The molecule has 2 aliphatic rings. The monoisotopic (exact) mass is 411 g/mol. The highest BCUT2D eigenvalue weighted by Crippen LogP contribution is 2.27. The van der Waals surface area contributed by atoms with E-state index in [1.165, 1.54) is 22.5 Å². The summed E-state index contributed by atoms with van der Waals surface area (Å²) >= 11 is 0. The summed E-state index contributed by atoms with van der Waals surface area (Å²) in [5, 5.41) is 3.91. The third-order valence-electron chi connectivity index (χ3n) is 4.99. The lowest BCUT2D eigenvalue weighted by atomic mass is 10.1. The largest absolute Gasteiger partial charge is 0.370 e. The predicted molar refractivity (Wildman–Crippen MR) is 95.2 cm³/mol. The normalized spacial score (nSPS) is 22.0. The Bertz CT molecular complexity index is 905. The van der Waals surface area contributed by atoms with Gasteiger partial charge in [-0.05, 0) is 37.8 Å². The van der Waals surface area contributed by atoms with Crippen molar-refractivity contribution in [1.29, 1.82) is 0 Å².